The summed E-state index contributed by atoms with van der Waals surface area (Å²) in [7, 11) is 1.61. The summed E-state index contributed by atoms with van der Waals surface area (Å²) in [5.41, 5.74) is 4.42. The van der Waals surface area contributed by atoms with Crippen molar-refractivity contribution in [2.45, 2.75) is 46.8 Å². The molecule has 0 radical (unpaired) electrons. The number of aromatic amines is 1. The molecule has 0 spiro atoms. The Kier molecular flexibility index (Phi) is 5.08. The molecule has 138 valence electrons. The van der Waals surface area contributed by atoms with Gasteiger partial charge in [0.2, 0.25) is 5.88 Å². The van der Waals surface area contributed by atoms with Crippen molar-refractivity contribution >= 4 is 11.0 Å². The fourth-order valence-electron chi connectivity index (χ4n) is 3.11. The Morgan fingerprint density at radius 2 is 2.04 bits per heavy atom. The fourth-order valence-corrected chi connectivity index (χ4v) is 3.11. The van der Waals surface area contributed by atoms with Gasteiger partial charge in [-0.1, -0.05) is 0 Å². The van der Waals surface area contributed by atoms with E-state index >= 15 is 0 Å². The molecule has 0 aromatic carbocycles. The van der Waals surface area contributed by atoms with Crippen LogP contribution in [0.2, 0.25) is 0 Å². The Morgan fingerprint density at radius 3 is 2.69 bits per heavy atom. The maximum Gasteiger partial charge on any atom is 0.252 e. The summed E-state index contributed by atoms with van der Waals surface area (Å²) < 4.78 is 7.23. The zero-order valence-electron chi connectivity index (χ0n) is 15.9. The molecule has 2 N–H and O–H groups in total. The summed E-state index contributed by atoms with van der Waals surface area (Å²) in [6.45, 7) is 9.06. The molecule has 0 aliphatic carbocycles. The molecule has 0 bridgehead atoms. The standard InChI is InChI=1S/C19H25N5O2/c1-11(2)24-18-16(10-21-24)14(7-17(23-18)26-5)8-20-9-15-12(3)6-13(4)22-19(15)25/h6-7,10-11,20H,8-9H2,1-5H3,(H,22,25). The molecule has 3 rings (SSSR count). The molecule has 3 heterocycles. The summed E-state index contributed by atoms with van der Waals surface area (Å²) in [4.78, 5) is 19.5. The van der Waals surface area contributed by atoms with Crippen molar-refractivity contribution in [1.29, 1.82) is 0 Å². The van der Waals surface area contributed by atoms with Crippen LogP contribution >= 0.6 is 0 Å². The molecule has 0 saturated carbocycles. The van der Waals surface area contributed by atoms with Gasteiger partial charge in [0.15, 0.2) is 5.65 Å². The van der Waals surface area contributed by atoms with E-state index in [1.165, 1.54) is 0 Å². The lowest BCUT2D eigenvalue weighted by Crippen LogP contribution is -2.23. The van der Waals surface area contributed by atoms with Crippen molar-refractivity contribution in [3.05, 3.63) is 51.1 Å². The van der Waals surface area contributed by atoms with Crippen molar-refractivity contribution in [3.8, 4) is 5.88 Å². The van der Waals surface area contributed by atoms with Gasteiger partial charge in [-0.3, -0.25) is 4.79 Å². The number of aromatic nitrogens is 4. The summed E-state index contributed by atoms with van der Waals surface area (Å²) in [6, 6.07) is 4.11. The van der Waals surface area contributed by atoms with E-state index in [-0.39, 0.29) is 11.6 Å². The molecule has 3 aromatic rings. The first-order valence-corrected chi connectivity index (χ1v) is 8.72. The smallest absolute Gasteiger partial charge is 0.252 e. The van der Waals surface area contributed by atoms with Crippen LogP contribution in [0.1, 0.15) is 42.3 Å². The highest BCUT2D eigenvalue weighted by atomic mass is 16.5. The third-order valence-corrected chi connectivity index (χ3v) is 4.44. The lowest BCUT2D eigenvalue weighted by atomic mass is 10.1. The number of hydrogen-bond donors (Lipinski definition) is 2. The van der Waals surface area contributed by atoms with E-state index in [0.29, 0.717) is 19.0 Å². The van der Waals surface area contributed by atoms with Gasteiger partial charge >= 0.3 is 0 Å². The van der Waals surface area contributed by atoms with Gasteiger partial charge in [0, 0.05) is 41.8 Å². The first-order valence-electron chi connectivity index (χ1n) is 8.72. The van der Waals surface area contributed by atoms with Crippen molar-refractivity contribution in [2.24, 2.45) is 0 Å². The highest BCUT2D eigenvalue weighted by molar-refractivity contribution is 5.79. The van der Waals surface area contributed by atoms with Crippen molar-refractivity contribution in [1.82, 2.24) is 25.1 Å². The zero-order valence-corrected chi connectivity index (χ0v) is 15.9. The summed E-state index contributed by atoms with van der Waals surface area (Å²) in [5.74, 6) is 0.557. The SMILES string of the molecule is COc1cc(CNCc2c(C)cc(C)[nH]c2=O)c2cnn(C(C)C)c2n1. The number of pyridine rings is 2. The van der Waals surface area contributed by atoms with Crippen LogP contribution in [0, 0.1) is 13.8 Å². The number of aryl methyl sites for hydroxylation is 2. The highest BCUT2D eigenvalue weighted by Crippen LogP contribution is 2.24. The van der Waals surface area contributed by atoms with E-state index in [1.54, 1.807) is 7.11 Å². The lowest BCUT2D eigenvalue weighted by molar-refractivity contribution is 0.397. The Bertz CT molecular complexity index is 987. The van der Waals surface area contributed by atoms with Crippen LogP contribution in [0.3, 0.4) is 0 Å². The van der Waals surface area contributed by atoms with Gasteiger partial charge in [0.05, 0.1) is 13.3 Å². The number of H-pyrrole nitrogens is 1. The van der Waals surface area contributed by atoms with Gasteiger partial charge in [-0.2, -0.15) is 10.1 Å². The Morgan fingerprint density at radius 1 is 1.27 bits per heavy atom. The minimum absolute atomic E-state index is 0.0416. The van der Waals surface area contributed by atoms with Gasteiger partial charge in [0.1, 0.15) is 0 Å². The first kappa shape index (κ1) is 18.1. The first-order chi connectivity index (χ1) is 12.4. The molecular weight excluding hydrogens is 330 g/mol. The van der Waals surface area contributed by atoms with E-state index in [2.05, 4.69) is 34.2 Å². The largest absolute Gasteiger partial charge is 0.481 e. The summed E-state index contributed by atoms with van der Waals surface area (Å²) in [6.07, 6.45) is 1.84. The highest BCUT2D eigenvalue weighted by Gasteiger charge is 2.14. The van der Waals surface area contributed by atoms with Gasteiger partial charge < -0.3 is 15.0 Å². The third-order valence-electron chi connectivity index (χ3n) is 4.44. The second-order valence-corrected chi connectivity index (χ2v) is 6.79. The second kappa shape index (κ2) is 7.29. The van der Waals surface area contributed by atoms with Crippen LogP contribution < -0.4 is 15.6 Å². The number of methoxy groups -OCH3 is 1. The van der Waals surface area contributed by atoms with E-state index < -0.39 is 0 Å². The van der Waals surface area contributed by atoms with Crippen LogP contribution in [-0.4, -0.2) is 26.9 Å². The monoisotopic (exact) mass is 355 g/mol. The Balaban J connectivity index is 1.86. The maximum absolute atomic E-state index is 12.2. The number of nitrogens with one attached hydrogen (secondary N) is 2. The minimum atomic E-state index is -0.0416. The summed E-state index contributed by atoms with van der Waals surface area (Å²) in [5, 5.41) is 8.80. The molecule has 7 nitrogen and oxygen atoms in total. The van der Waals surface area contributed by atoms with Crippen molar-refractivity contribution in [2.75, 3.05) is 7.11 Å². The zero-order chi connectivity index (χ0) is 18.8. The molecule has 0 unspecified atom stereocenters. The quantitative estimate of drug-likeness (QED) is 0.710. The number of rotatable bonds is 6. The molecule has 7 heteroatoms. The average Bonchev–Trinajstić information content (AvgIpc) is 3.01. The molecule has 0 saturated heterocycles. The number of fused-ring (bicyclic) bond motifs is 1. The van der Waals surface area contributed by atoms with Crippen LogP contribution in [0.4, 0.5) is 0 Å². The predicted octanol–water partition coefficient (Wildman–Crippen LogP) is 2.62. The van der Waals surface area contributed by atoms with Crippen LogP contribution in [0.5, 0.6) is 5.88 Å². The number of hydrogen-bond acceptors (Lipinski definition) is 5. The van der Waals surface area contributed by atoms with E-state index in [1.807, 2.05) is 36.9 Å². The molecule has 26 heavy (non-hydrogen) atoms. The molecule has 3 aromatic heterocycles. The number of nitrogens with zero attached hydrogens (tertiary/aromatic N) is 3. The van der Waals surface area contributed by atoms with Crippen LogP contribution in [0.15, 0.2) is 23.1 Å². The van der Waals surface area contributed by atoms with Crippen LogP contribution in [0.25, 0.3) is 11.0 Å². The van der Waals surface area contributed by atoms with Crippen molar-refractivity contribution in [3.63, 3.8) is 0 Å². The fraction of sp³-hybridized carbons (Fsp3) is 0.421. The van der Waals surface area contributed by atoms with Gasteiger partial charge in [-0.15, -0.1) is 0 Å². The normalized spacial score (nSPS) is 11.5. The van der Waals surface area contributed by atoms with E-state index in [9.17, 15) is 4.79 Å². The maximum atomic E-state index is 12.2. The Hall–Kier alpha value is -2.67. The van der Waals surface area contributed by atoms with Gasteiger partial charge in [-0.25, -0.2) is 4.68 Å². The molecule has 0 aliphatic heterocycles. The molecule has 0 amide bonds. The summed E-state index contributed by atoms with van der Waals surface area (Å²) >= 11 is 0. The minimum Gasteiger partial charge on any atom is -0.481 e. The van der Waals surface area contributed by atoms with Crippen LogP contribution in [-0.2, 0) is 13.1 Å². The molecular formula is C19H25N5O2. The lowest BCUT2D eigenvalue weighted by Gasteiger charge is -2.11. The van der Waals surface area contributed by atoms with E-state index in [4.69, 9.17) is 4.74 Å². The molecule has 0 atom stereocenters. The van der Waals surface area contributed by atoms with Crippen molar-refractivity contribution < 1.29 is 4.74 Å². The third kappa shape index (κ3) is 3.48. The second-order valence-electron chi connectivity index (χ2n) is 6.79. The molecule has 0 fully saturated rings. The topological polar surface area (TPSA) is 84.8 Å². The number of ether oxygens (including phenoxy) is 1. The predicted molar refractivity (Wildman–Crippen MR) is 102 cm³/mol. The van der Waals surface area contributed by atoms with Gasteiger partial charge in [-0.05, 0) is 44.9 Å². The van der Waals surface area contributed by atoms with Gasteiger partial charge in [0.25, 0.3) is 5.56 Å². The molecule has 0 aliphatic rings. The van der Waals surface area contributed by atoms with E-state index in [0.717, 1.165) is 33.4 Å². The average molecular weight is 355 g/mol. The Labute approximate surface area is 152 Å².